The van der Waals surface area contributed by atoms with Crippen molar-refractivity contribution in [2.24, 2.45) is 0 Å². The van der Waals surface area contributed by atoms with E-state index >= 15 is 0 Å². The van der Waals surface area contributed by atoms with Gasteiger partial charge < -0.3 is 19.9 Å². The van der Waals surface area contributed by atoms with Gasteiger partial charge >= 0.3 is 5.97 Å². The molecule has 0 radical (unpaired) electrons. The molecule has 112 valence electrons. The summed E-state index contributed by atoms with van der Waals surface area (Å²) in [7, 11) is 1.63. The zero-order valence-corrected chi connectivity index (χ0v) is 12.3. The van der Waals surface area contributed by atoms with Gasteiger partial charge in [0.2, 0.25) is 5.91 Å². The molecule has 0 heterocycles. The van der Waals surface area contributed by atoms with Crippen LogP contribution in [0, 0.1) is 0 Å². The predicted molar refractivity (Wildman–Crippen MR) is 74.5 cm³/mol. The van der Waals surface area contributed by atoms with Gasteiger partial charge in [0, 0.05) is 20.6 Å². The summed E-state index contributed by atoms with van der Waals surface area (Å²) in [5.41, 5.74) is 0. The molecule has 7 heteroatoms. The van der Waals surface area contributed by atoms with Gasteiger partial charge in [0.15, 0.2) is 0 Å². The van der Waals surface area contributed by atoms with Gasteiger partial charge in [-0.15, -0.1) is 0 Å². The highest BCUT2D eigenvalue weighted by Crippen LogP contribution is 2.07. The summed E-state index contributed by atoms with van der Waals surface area (Å²) in [5.74, 6) is 0.317. The highest BCUT2D eigenvalue weighted by molar-refractivity contribution is 7.99. The standard InChI is InChI=1S/C12H23NO5S/c1-10(14)13-11(12(15)16)4-9-19-8-3-5-18-7-6-17-2/h11H,3-9H2,1-2H3,(H,13,14)(H,15,16). The Morgan fingerprint density at radius 3 is 2.58 bits per heavy atom. The molecule has 0 aromatic heterocycles. The lowest BCUT2D eigenvalue weighted by molar-refractivity contribution is -0.141. The largest absolute Gasteiger partial charge is 0.480 e. The number of hydrogen-bond acceptors (Lipinski definition) is 5. The second-order valence-electron chi connectivity index (χ2n) is 3.95. The summed E-state index contributed by atoms with van der Waals surface area (Å²) < 4.78 is 10.2. The number of nitrogens with one attached hydrogen (secondary N) is 1. The quantitative estimate of drug-likeness (QED) is 0.517. The third-order valence-corrected chi connectivity index (χ3v) is 3.34. The molecule has 0 spiro atoms. The number of thioether (sulfide) groups is 1. The highest BCUT2D eigenvalue weighted by atomic mass is 32.2. The van der Waals surface area contributed by atoms with Crippen LogP contribution in [0.15, 0.2) is 0 Å². The first-order valence-electron chi connectivity index (χ1n) is 6.22. The molecule has 0 aliphatic carbocycles. The Morgan fingerprint density at radius 1 is 1.26 bits per heavy atom. The van der Waals surface area contributed by atoms with Crippen LogP contribution in [0.5, 0.6) is 0 Å². The Morgan fingerprint density at radius 2 is 2.00 bits per heavy atom. The van der Waals surface area contributed by atoms with E-state index in [1.54, 1.807) is 18.9 Å². The number of methoxy groups -OCH3 is 1. The summed E-state index contributed by atoms with van der Waals surface area (Å²) in [6.07, 6.45) is 1.36. The molecule has 1 atom stereocenters. The number of hydrogen-bond donors (Lipinski definition) is 2. The molecule has 0 aliphatic heterocycles. The van der Waals surface area contributed by atoms with Gasteiger partial charge in [0.05, 0.1) is 13.2 Å². The number of carboxylic acid groups (broad SMARTS) is 1. The summed E-state index contributed by atoms with van der Waals surface area (Å²) >= 11 is 1.66. The minimum atomic E-state index is -0.987. The minimum Gasteiger partial charge on any atom is -0.480 e. The Kier molecular flexibility index (Phi) is 11.7. The zero-order valence-electron chi connectivity index (χ0n) is 11.5. The van der Waals surface area contributed by atoms with Crippen LogP contribution >= 0.6 is 11.8 Å². The van der Waals surface area contributed by atoms with Crippen molar-refractivity contribution in [1.82, 2.24) is 5.32 Å². The average molecular weight is 293 g/mol. The lowest BCUT2D eigenvalue weighted by atomic mass is 10.2. The van der Waals surface area contributed by atoms with Crippen molar-refractivity contribution in [3.05, 3.63) is 0 Å². The van der Waals surface area contributed by atoms with Crippen molar-refractivity contribution in [3.8, 4) is 0 Å². The van der Waals surface area contributed by atoms with Crippen molar-refractivity contribution >= 4 is 23.6 Å². The molecule has 0 saturated carbocycles. The fraction of sp³-hybridized carbons (Fsp3) is 0.833. The molecule has 0 aromatic carbocycles. The lowest BCUT2D eigenvalue weighted by Gasteiger charge is -2.12. The number of rotatable bonds is 12. The summed E-state index contributed by atoms with van der Waals surface area (Å²) in [5, 5.41) is 11.3. The predicted octanol–water partition coefficient (Wildman–Crippen LogP) is 0.752. The van der Waals surface area contributed by atoms with Crippen LogP contribution in [-0.2, 0) is 19.1 Å². The normalized spacial score (nSPS) is 12.1. The number of ether oxygens (including phenoxy) is 2. The Bertz CT molecular complexity index is 263. The molecule has 6 nitrogen and oxygen atoms in total. The van der Waals surface area contributed by atoms with Gasteiger partial charge in [-0.3, -0.25) is 4.79 Å². The molecule has 1 amide bonds. The Hall–Kier alpha value is -0.790. The van der Waals surface area contributed by atoms with Crippen molar-refractivity contribution in [1.29, 1.82) is 0 Å². The third kappa shape index (κ3) is 12.0. The van der Waals surface area contributed by atoms with Crippen molar-refractivity contribution in [2.75, 3.05) is 38.4 Å². The number of amides is 1. The fourth-order valence-corrected chi connectivity index (χ4v) is 2.24. The van der Waals surface area contributed by atoms with Crippen LogP contribution in [0.2, 0.25) is 0 Å². The molecular weight excluding hydrogens is 270 g/mol. The molecule has 1 unspecified atom stereocenters. The Balaban J connectivity index is 3.45. The molecule has 0 bridgehead atoms. The van der Waals surface area contributed by atoms with Crippen molar-refractivity contribution in [2.45, 2.75) is 25.8 Å². The second-order valence-corrected chi connectivity index (χ2v) is 5.18. The maximum Gasteiger partial charge on any atom is 0.326 e. The fourth-order valence-electron chi connectivity index (χ4n) is 1.31. The van der Waals surface area contributed by atoms with E-state index in [9.17, 15) is 9.59 Å². The van der Waals surface area contributed by atoms with Crippen LogP contribution < -0.4 is 5.32 Å². The Labute approximate surface area is 118 Å². The molecule has 19 heavy (non-hydrogen) atoms. The lowest BCUT2D eigenvalue weighted by Crippen LogP contribution is -2.39. The summed E-state index contributed by atoms with van der Waals surface area (Å²) in [6, 6.07) is -0.789. The molecular formula is C12H23NO5S. The zero-order chi connectivity index (χ0) is 14.5. The number of carbonyl (C=O) groups excluding carboxylic acids is 1. The third-order valence-electron chi connectivity index (χ3n) is 2.24. The molecule has 0 rings (SSSR count). The van der Waals surface area contributed by atoms with Gasteiger partial charge in [-0.2, -0.15) is 11.8 Å². The van der Waals surface area contributed by atoms with E-state index in [1.165, 1.54) is 6.92 Å². The monoisotopic (exact) mass is 293 g/mol. The van der Waals surface area contributed by atoms with Crippen molar-refractivity contribution < 1.29 is 24.2 Å². The molecule has 0 fully saturated rings. The van der Waals surface area contributed by atoms with E-state index in [1.807, 2.05) is 0 Å². The van der Waals surface area contributed by atoms with Gasteiger partial charge in [-0.05, 0) is 24.3 Å². The SMILES string of the molecule is COCCOCCCSCCC(NC(C)=O)C(=O)O. The van der Waals surface area contributed by atoms with Crippen LogP contribution in [0.4, 0.5) is 0 Å². The topological polar surface area (TPSA) is 84.9 Å². The summed E-state index contributed by atoms with van der Waals surface area (Å²) in [4.78, 5) is 21.7. The maximum absolute atomic E-state index is 10.8. The second kappa shape index (κ2) is 12.3. The molecule has 0 saturated heterocycles. The maximum atomic E-state index is 10.8. The minimum absolute atomic E-state index is 0.316. The first-order valence-corrected chi connectivity index (χ1v) is 7.37. The summed E-state index contributed by atoms with van der Waals surface area (Å²) in [6.45, 7) is 3.21. The van der Waals surface area contributed by atoms with E-state index in [0.717, 1.165) is 12.2 Å². The first kappa shape index (κ1) is 18.2. The number of aliphatic carboxylic acids is 1. The molecule has 0 aliphatic rings. The van der Waals surface area contributed by atoms with Crippen LogP contribution in [0.25, 0.3) is 0 Å². The van der Waals surface area contributed by atoms with Crippen LogP contribution in [-0.4, -0.2) is 61.5 Å². The van der Waals surface area contributed by atoms with Gasteiger partial charge in [0.25, 0.3) is 0 Å². The van der Waals surface area contributed by atoms with Crippen LogP contribution in [0.3, 0.4) is 0 Å². The van der Waals surface area contributed by atoms with Crippen LogP contribution in [0.1, 0.15) is 19.8 Å². The van der Waals surface area contributed by atoms with Crippen molar-refractivity contribution in [3.63, 3.8) is 0 Å². The van der Waals surface area contributed by atoms with E-state index < -0.39 is 12.0 Å². The smallest absolute Gasteiger partial charge is 0.326 e. The van der Waals surface area contributed by atoms with Gasteiger partial charge in [-0.25, -0.2) is 4.79 Å². The van der Waals surface area contributed by atoms with E-state index in [4.69, 9.17) is 14.6 Å². The first-order chi connectivity index (χ1) is 9.07. The van der Waals surface area contributed by atoms with E-state index in [-0.39, 0.29) is 5.91 Å². The highest BCUT2D eigenvalue weighted by Gasteiger charge is 2.17. The molecule has 0 aromatic rings. The van der Waals surface area contributed by atoms with Gasteiger partial charge in [-0.1, -0.05) is 0 Å². The van der Waals surface area contributed by atoms with Gasteiger partial charge in [0.1, 0.15) is 6.04 Å². The van der Waals surface area contributed by atoms with E-state index in [2.05, 4.69) is 5.32 Å². The number of carboxylic acids is 1. The number of carbonyl (C=O) groups is 2. The molecule has 2 N–H and O–H groups in total. The average Bonchev–Trinajstić information content (AvgIpc) is 2.34. The van der Waals surface area contributed by atoms with E-state index in [0.29, 0.717) is 32.0 Å².